The van der Waals surface area contributed by atoms with E-state index in [4.69, 9.17) is 5.73 Å². The highest BCUT2D eigenvalue weighted by atomic mass is 19.1. The van der Waals surface area contributed by atoms with Gasteiger partial charge in [0, 0.05) is 24.8 Å². The molecule has 2 nitrogen and oxygen atoms in total. The van der Waals surface area contributed by atoms with Gasteiger partial charge >= 0.3 is 0 Å². The van der Waals surface area contributed by atoms with Crippen LogP contribution >= 0.6 is 0 Å². The molecule has 3 heteroatoms. The Morgan fingerprint density at radius 1 is 1.19 bits per heavy atom. The Hall–Kier alpha value is -1.09. The molecule has 1 aliphatic heterocycles. The quantitative estimate of drug-likeness (QED) is 0.848. The van der Waals surface area contributed by atoms with Crippen molar-refractivity contribution in [1.82, 2.24) is 0 Å². The van der Waals surface area contributed by atoms with Gasteiger partial charge in [0.15, 0.2) is 0 Å². The van der Waals surface area contributed by atoms with Gasteiger partial charge < -0.3 is 10.6 Å². The van der Waals surface area contributed by atoms with Gasteiger partial charge in [0.2, 0.25) is 0 Å². The molecule has 0 bridgehead atoms. The molecule has 0 radical (unpaired) electrons. The maximum absolute atomic E-state index is 12.2. The molecule has 16 heavy (non-hydrogen) atoms. The standard InChI is InChI=1S/C13H19FN2/c14-8-7-13(15)11-3-5-12(6-4-11)16-9-1-2-10-16/h3-6,13H,1-2,7-10,15H2/t13-/m1/s1. The largest absolute Gasteiger partial charge is 0.372 e. The summed E-state index contributed by atoms with van der Waals surface area (Å²) >= 11 is 0. The second kappa shape index (κ2) is 5.30. The first-order chi connectivity index (χ1) is 7.81. The SMILES string of the molecule is N[C@H](CCF)c1ccc(N2CCCC2)cc1. The molecule has 88 valence electrons. The molecular weight excluding hydrogens is 203 g/mol. The zero-order valence-electron chi connectivity index (χ0n) is 9.53. The first-order valence-corrected chi connectivity index (χ1v) is 5.97. The predicted octanol–water partition coefficient (Wildman–Crippen LogP) is 2.65. The summed E-state index contributed by atoms with van der Waals surface area (Å²) in [5.41, 5.74) is 8.14. The highest BCUT2D eigenvalue weighted by Crippen LogP contribution is 2.22. The van der Waals surface area contributed by atoms with E-state index in [1.807, 2.05) is 12.1 Å². The number of hydrogen-bond acceptors (Lipinski definition) is 2. The monoisotopic (exact) mass is 222 g/mol. The lowest BCUT2D eigenvalue weighted by atomic mass is 10.0. The van der Waals surface area contributed by atoms with Crippen molar-refractivity contribution in [1.29, 1.82) is 0 Å². The number of benzene rings is 1. The predicted molar refractivity (Wildman–Crippen MR) is 65.4 cm³/mol. The van der Waals surface area contributed by atoms with Crippen molar-refractivity contribution in [3.05, 3.63) is 29.8 Å². The van der Waals surface area contributed by atoms with Crippen molar-refractivity contribution in [3.8, 4) is 0 Å². The third-order valence-electron chi connectivity index (χ3n) is 3.21. The van der Waals surface area contributed by atoms with Gasteiger partial charge in [-0.05, 0) is 37.0 Å². The molecule has 2 rings (SSSR count). The molecule has 0 saturated carbocycles. The summed E-state index contributed by atoms with van der Waals surface area (Å²) in [4.78, 5) is 2.38. The first-order valence-electron chi connectivity index (χ1n) is 5.97. The second-order valence-electron chi connectivity index (χ2n) is 4.37. The van der Waals surface area contributed by atoms with Gasteiger partial charge in [-0.25, -0.2) is 0 Å². The van der Waals surface area contributed by atoms with Crippen LogP contribution in [0.15, 0.2) is 24.3 Å². The van der Waals surface area contributed by atoms with Crippen LogP contribution in [0.1, 0.15) is 30.9 Å². The molecule has 1 aliphatic rings. The van der Waals surface area contributed by atoms with E-state index in [0.29, 0.717) is 6.42 Å². The number of alkyl halides is 1. The summed E-state index contributed by atoms with van der Waals surface area (Å²) in [6, 6.07) is 8.07. The van der Waals surface area contributed by atoms with E-state index >= 15 is 0 Å². The molecule has 1 saturated heterocycles. The molecule has 1 heterocycles. The molecule has 0 aromatic heterocycles. The summed E-state index contributed by atoms with van der Waals surface area (Å²) < 4.78 is 12.2. The third kappa shape index (κ3) is 2.53. The van der Waals surface area contributed by atoms with Gasteiger partial charge in [-0.1, -0.05) is 12.1 Å². The number of nitrogens with zero attached hydrogens (tertiary/aromatic N) is 1. The molecule has 2 N–H and O–H groups in total. The molecule has 1 aromatic carbocycles. The summed E-state index contributed by atoms with van der Waals surface area (Å²) in [5, 5.41) is 0. The second-order valence-corrected chi connectivity index (χ2v) is 4.37. The smallest absolute Gasteiger partial charge is 0.0912 e. The average Bonchev–Trinajstić information content (AvgIpc) is 2.83. The van der Waals surface area contributed by atoms with Gasteiger partial charge in [0.05, 0.1) is 6.67 Å². The van der Waals surface area contributed by atoms with Crippen LogP contribution in [-0.4, -0.2) is 19.8 Å². The van der Waals surface area contributed by atoms with Crippen LogP contribution in [0.25, 0.3) is 0 Å². The molecule has 0 spiro atoms. The van der Waals surface area contributed by atoms with E-state index in [1.165, 1.54) is 18.5 Å². The van der Waals surface area contributed by atoms with Crippen molar-refractivity contribution >= 4 is 5.69 Å². The Morgan fingerprint density at radius 3 is 2.38 bits per heavy atom. The van der Waals surface area contributed by atoms with E-state index < -0.39 is 0 Å². The Balaban J connectivity index is 2.03. The van der Waals surface area contributed by atoms with E-state index in [0.717, 1.165) is 18.7 Å². The Morgan fingerprint density at radius 2 is 1.81 bits per heavy atom. The fraction of sp³-hybridized carbons (Fsp3) is 0.538. The average molecular weight is 222 g/mol. The molecule has 0 amide bonds. The molecule has 1 fully saturated rings. The maximum atomic E-state index is 12.2. The lowest BCUT2D eigenvalue weighted by molar-refractivity contribution is 0.442. The minimum atomic E-state index is -0.352. The van der Waals surface area contributed by atoms with Gasteiger partial charge in [0.1, 0.15) is 0 Å². The highest BCUT2D eigenvalue weighted by Gasteiger charge is 2.12. The Bertz CT molecular complexity index is 317. The van der Waals surface area contributed by atoms with Crippen LogP contribution < -0.4 is 10.6 Å². The van der Waals surface area contributed by atoms with Crippen molar-refractivity contribution < 1.29 is 4.39 Å². The van der Waals surface area contributed by atoms with E-state index in [9.17, 15) is 4.39 Å². The fourth-order valence-electron chi connectivity index (χ4n) is 2.19. The number of nitrogens with two attached hydrogens (primary N) is 1. The van der Waals surface area contributed by atoms with Crippen LogP contribution in [0.4, 0.5) is 10.1 Å². The Kier molecular flexibility index (Phi) is 3.78. The lowest BCUT2D eigenvalue weighted by Crippen LogP contribution is -2.17. The van der Waals surface area contributed by atoms with Gasteiger partial charge in [-0.15, -0.1) is 0 Å². The number of rotatable bonds is 4. The maximum Gasteiger partial charge on any atom is 0.0912 e. The molecular formula is C13H19FN2. The van der Waals surface area contributed by atoms with E-state index in [2.05, 4.69) is 17.0 Å². The van der Waals surface area contributed by atoms with Crippen LogP contribution in [0.2, 0.25) is 0 Å². The van der Waals surface area contributed by atoms with Crippen molar-refractivity contribution in [2.75, 3.05) is 24.7 Å². The zero-order chi connectivity index (χ0) is 11.4. The summed E-state index contributed by atoms with van der Waals surface area (Å²) in [6.45, 7) is 1.95. The third-order valence-corrected chi connectivity index (χ3v) is 3.21. The number of hydrogen-bond donors (Lipinski definition) is 1. The summed E-state index contributed by atoms with van der Waals surface area (Å²) in [7, 11) is 0. The summed E-state index contributed by atoms with van der Waals surface area (Å²) in [5.74, 6) is 0. The minimum Gasteiger partial charge on any atom is -0.372 e. The van der Waals surface area contributed by atoms with Crippen molar-refractivity contribution in [2.45, 2.75) is 25.3 Å². The molecule has 1 atom stereocenters. The van der Waals surface area contributed by atoms with Crippen LogP contribution in [-0.2, 0) is 0 Å². The molecule has 0 aliphatic carbocycles. The van der Waals surface area contributed by atoms with Crippen LogP contribution in [0, 0.1) is 0 Å². The van der Waals surface area contributed by atoms with E-state index in [1.54, 1.807) is 0 Å². The Labute approximate surface area is 96.2 Å². The van der Waals surface area contributed by atoms with Crippen molar-refractivity contribution in [2.24, 2.45) is 5.73 Å². The van der Waals surface area contributed by atoms with Gasteiger partial charge in [-0.3, -0.25) is 4.39 Å². The van der Waals surface area contributed by atoms with E-state index in [-0.39, 0.29) is 12.7 Å². The van der Waals surface area contributed by atoms with Crippen LogP contribution in [0.5, 0.6) is 0 Å². The zero-order valence-corrected chi connectivity index (χ0v) is 9.53. The minimum absolute atomic E-state index is 0.169. The number of anilines is 1. The number of halogens is 1. The fourth-order valence-corrected chi connectivity index (χ4v) is 2.19. The van der Waals surface area contributed by atoms with Gasteiger partial charge in [-0.2, -0.15) is 0 Å². The van der Waals surface area contributed by atoms with Gasteiger partial charge in [0.25, 0.3) is 0 Å². The highest BCUT2D eigenvalue weighted by molar-refractivity contribution is 5.48. The lowest BCUT2D eigenvalue weighted by Gasteiger charge is -2.18. The topological polar surface area (TPSA) is 29.3 Å². The normalized spacial score (nSPS) is 17.8. The molecule has 0 unspecified atom stereocenters. The first kappa shape index (κ1) is 11.4. The molecule has 1 aromatic rings. The van der Waals surface area contributed by atoms with Crippen molar-refractivity contribution in [3.63, 3.8) is 0 Å². The van der Waals surface area contributed by atoms with Crippen LogP contribution in [0.3, 0.4) is 0 Å². The summed E-state index contributed by atoms with van der Waals surface area (Å²) in [6.07, 6.45) is 2.97.